The fourth-order valence-corrected chi connectivity index (χ4v) is 4.41. The first-order chi connectivity index (χ1) is 14.9. The standard InChI is InChI=1S/C28H48N2O.ClH/c1-6-7-8-9-10-11-12-13-14-18-24-30(4,5)27(26-20-16-15-17-21-26)22-19-23-29-28(31)25(2)3;/h15-17,20-21,27H,2,6-14,18-19,22-24H2,1,3-5H3;1H. The molecule has 0 aromatic heterocycles. The molecule has 0 spiro atoms. The molecule has 1 N–H and O–H groups in total. The molecule has 0 saturated carbocycles. The monoisotopic (exact) mass is 464 g/mol. The minimum atomic E-state index is -0.0321. The highest BCUT2D eigenvalue weighted by molar-refractivity contribution is 5.91. The summed E-state index contributed by atoms with van der Waals surface area (Å²) in [6, 6.07) is 11.4. The maximum atomic E-state index is 11.8. The zero-order valence-corrected chi connectivity index (χ0v) is 22.1. The molecule has 0 aliphatic heterocycles. The number of rotatable bonds is 18. The second-order valence-electron chi connectivity index (χ2n) is 9.79. The van der Waals surface area contributed by atoms with E-state index in [1.54, 1.807) is 6.92 Å². The van der Waals surface area contributed by atoms with E-state index in [1.807, 2.05) is 0 Å². The summed E-state index contributed by atoms with van der Waals surface area (Å²) in [5.74, 6) is -0.0321. The minimum absolute atomic E-state index is 0. The first kappa shape index (κ1) is 30.7. The van der Waals surface area contributed by atoms with Crippen LogP contribution >= 0.6 is 0 Å². The van der Waals surface area contributed by atoms with Gasteiger partial charge in [-0.3, -0.25) is 4.79 Å². The number of amides is 1. The van der Waals surface area contributed by atoms with Crippen LogP contribution in [0.15, 0.2) is 42.5 Å². The largest absolute Gasteiger partial charge is 1.00 e. The SMILES string of the molecule is C=C(C)C(=O)NCCCC(c1ccccc1)[N+](C)(C)CCCCCCCCCCCC.[Cl-]. The van der Waals surface area contributed by atoms with Gasteiger partial charge in [-0.2, -0.15) is 0 Å². The summed E-state index contributed by atoms with van der Waals surface area (Å²) in [7, 11) is 4.75. The Morgan fingerprint density at radius 3 is 1.97 bits per heavy atom. The predicted octanol–water partition coefficient (Wildman–Crippen LogP) is 4.20. The van der Waals surface area contributed by atoms with Crippen molar-refractivity contribution in [2.24, 2.45) is 0 Å². The number of hydrogen-bond donors (Lipinski definition) is 1. The molecule has 0 fully saturated rings. The maximum absolute atomic E-state index is 11.8. The number of benzene rings is 1. The molecule has 32 heavy (non-hydrogen) atoms. The molecule has 1 aromatic rings. The predicted molar refractivity (Wildman–Crippen MR) is 135 cm³/mol. The number of quaternary nitrogens is 1. The number of carbonyl (C=O) groups excluding carboxylic acids is 1. The van der Waals surface area contributed by atoms with Crippen LogP contribution in [0.2, 0.25) is 0 Å². The Labute approximate surface area is 205 Å². The summed E-state index contributed by atoms with van der Waals surface area (Å²) in [5, 5.41) is 2.98. The fraction of sp³-hybridized carbons (Fsp3) is 0.679. The molecule has 4 heteroatoms. The molecule has 1 aromatic carbocycles. The zero-order chi connectivity index (χ0) is 23.0. The number of carbonyl (C=O) groups is 1. The van der Waals surface area contributed by atoms with Crippen molar-refractivity contribution >= 4 is 5.91 Å². The molecule has 184 valence electrons. The maximum Gasteiger partial charge on any atom is 0.246 e. The number of hydrogen-bond acceptors (Lipinski definition) is 1. The van der Waals surface area contributed by atoms with E-state index in [9.17, 15) is 4.79 Å². The third-order valence-electron chi connectivity index (χ3n) is 6.44. The van der Waals surface area contributed by atoms with Gasteiger partial charge in [0.05, 0.1) is 20.6 Å². The van der Waals surface area contributed by atoms with Crippen molar-refractivity contribution in [1.29, 1.82) is 0 Å². The summed E-state index contributed by atoms with van der Waals surface area (Å²) in [5.41, 5.74) is 1.99. The number of nitrogens with zero attached hydrogens (tertiary/aromatic N) is 1. The first-order valence-electron chi connectivity index (χ1n) is 12.7. The van der Waals surface area contributed by atoms with Crippen LogP contribution in [0.1, 0.15) is 103 Å². The number of nitrogens with one attached hydrogen (secondary N) is 1. The molecule has 1 amide bonds. The third-order valence-corrected chi connectivity index (χ3v) is 6.44. The Balaban J connectivity index is 0.00000961. The van der Waals surface area contributed by atoms with Crippen molar-refractivity contribution in [3.8, 4) is 0 Å². The third kappa shape index (κ3) is 13.3. The minimum Gasteiger partial charge on any atom is -1.00 e. The van der Waals surface area contributed by atoms with Gasteiger partial charge in [0.15, 0.2) is 0 Å². The lowest BCUT2D eigenvalue weighted by Gasteiger charge is -2.39. The van der Waals surface area contributed by atoms with Crippen LogP contribution in [0.5, 0.6) is 0 Å². The van der Waals surface area contributed by atoms with Crippen LogP contribution < -0.4 is 17.7 Å². The summed E-state index contributed by atoms with van der Waals surface area (Å²) in [6.07, 6.45) is 15.8. The highest BCUT2D eigenvalue weighted by Crippen LogP contribution is 2.30. The van der Waals surface area contributed by atoms with Crippen LogP contribution in [0, 0.1) is 0 Å². The molecular formula is C28H49ClN2O. The molecule has 0 saturated heterocycles. The van der Waals surface area contributed by atoms with Gasteiger partial charge in [-0.05, 0) is 26.2 Å². The van der Waals surface area contributed by atoms with Crippen molar-refractivity contribution in [2.45, 2.75) is 96.9 Å². The van der Waals surface area contributed by atoms with Crippen molar-refractivity contribution < 1.29 is 21.7 Å². The molecule has 1 unspecified atom stereocenters. The van der Waals surface area contributed by atoms with Crippen LogP contribution in [0.3, 0.4) is 0 Å². The quantitative estimate of drug-likeness (QED) is 0.197. The van der Waals surface area contributed by atoms with E-state index in [2.05, 4.69) is 63.2 Å². The Morgan fingerprint density at radius 1 is 0.906 bits per heavy atom. The van der Waals surface area contributed by atoms with Gasteiger partial charge in [0.1, 0.15) is 6.04 Å². The molecule has 1 atom stereocenters. The van der Waals surface area contributed by atoms with Crippen LogP contribution in [0.25, 0.3) is 0 Å². The van der Waals surface area contributed by atoms with E-state index in [0.717, 1.165) is 17.3 Å². The average Bonchev–Trinajstić information content (AvgIpc) is 2.75. The Bertz CT molecular complexity index is 615. The van der Waals surface area contributed by atoms with Crippen LogP contribution in [0.4, 0.5) is 0 Å². The summed E-state index contributed by atoms with van der Waals surface area (Å²) in [4.78, 5) is 11.8. The van der Waals surface area contributed by atoms with E-state index in [-0.39, 0.29) is 18.3 Å². The summed E-state index contributed by atoms with van der Waals surface area (Å²) < 4.78 is 1.01. The molecule has 0 aliphatic rings. The lowest BCUT2D eigenvalue weighted by Crippen LogP contribution is -3.00. The lowest BCUT2D eigenvalue weighted by atomic mass is 9.98. The topological polar surface area (TPSA) is 29.1 Å². The van der Waals surface area contributed by atoms with E-state index >= 15 is 0 Å². The number of unbranched alkanes of at least 4 members (excludes halogenated alkanes) is 9. The van der Waals surface area contributed by atoms with Gasteiger partial charge >= 0.3 is 0 Å². The molecule has 0 bridgehead atoms. The Hall–Kier alpha value is -1.32. The van der Waals surface area contributed by atoms with Gasteiger partial charge < -0.3 is 22.2 Å². The van der Waals surface area contributed by atoms with Crippen LogP contribution in [-0.4, -0.2) is 37.6 Å². The van der Waals surface area contributed by atoms with Gasteiger partial charge in [0, 0.05) is 24.1 Å². The van der Waals surface area contributed by atoms with Crippen molar-refractivity contribution in [3.63, 3.8) is 0 Å². The Morgan fingerprint density at radius 2 is 1.44 bits per heavy atom. The van der Waals surface area contributed by atoms with E-state index < -0.39 is 0 Å². The molecule has 3 nitrogen and oxygen atoms in total. The van der Waals surface area contributed by atoms with Crippen LogP contribution in [-0.2, 0) is 4.79 Å². The zero-order valence-electron chi connectivity index (χ0n) is 21.3. The highest BCUT2D eigenvalue weighted by Gasteiger charge is 2.28. The smallest absolute Gasteiger partial charge is 0.246 e. The van der Waals surface area contributed by atoms with Gasteiger partial charge in [-0.25, -0.2) is 0 Å². The first-order valence-corrected chi connectivity index (χ1v) is 12.7. The van der Waals surface area contributed by atoms with Crippen molar-refractivity contribution in [2.75, 3.05) is 27.2 Å². The molecule has 0 aliphatic carbocycles. The van der Waals surface area contributed by atoms with Gasteiger partial charge in [0.25, 0.3) is 0 Å². The van der Waals surface area contributed by atoms with E-state index in [1.165, 1.54) is 76.3 Å². The summed E-state index contributed by atoms with van der Waals surface area (Å²) >= 11 is 0. The van der Waals surface area contributed by atoms with Gasteiger partial charge in [-0.15, -0.1) is 0 Å². The second-order valence-corrected chi connectivity index (χ2v) is 9.79. The molecule has 1 rings (SSSR count). The fourth-order valence-electron chi connectivity index (χ4n) is 4.41. The average molecular weight is 465 g/mol. The number of halogens is 1. The van der Waals surface area contributed by atoms with Crippen molar-refractivity contribution in [3.05, 3.63) is 48.0 Å². The second kappa shape index (κ2) is 18.1. The highest BCUT2D eigenvalue weighted by atomic mass is 35.5. The van der Waals surface area contributed by atoms with E-state index in [0.29, 0.717) is 18.2 Å². The summed E-state index contributed by atoms with van der Waals surface area (Å²) in [6.45, 7) is 9.68. The molecule has 0 heterocycles. The normalized spacial score (nSPS) is 12.1. The Kier molecular flexibility index (Phi) is 17.4. The van der Waals surface area contributed by atoms with Crippen molar-refractivity contribution in [1.82, 2.24) is 5.32 Å². The molecule has 0 radical (unpaired) electrons. The van der Waals surface area contributed by atoms with Gasteiger partial charge in [-0.1, -0.05) is 95.2 Å². The van der Waals surface area contributed by atoms with Gasteiger partial charge in [0.2, 0.25) is 5.91 Å². The van der Waals surface area contributed by atoms with E-state index in [4.69, 9.17) is 0 Å². The molecular weight excluding hydrogens is 416 g/mol. The lowest BCUT2D eigenvalue weighted by molar-refractivity contribution is -0.921.